The highest BCUT2D eigenvalue weighted by Crippen LogP contribution is 2.23. The Balaban J connectivity index is 2.06. The van der Waals surface area contributed by atoms with Crippen LogP contribution in [0.2, 0.25) is 0 Å². The molecule has 6 heteroatoms. The van der Waals surface area contributed by atoms with Crippen molar-refractivity contribution in [1.82, 2.24) is 4.90 Å². The lowest BCUT2D eigenvalue weighted by molar-refractivity contribution is -0.116. The molecule has 0 radical (unpaired) electrons. The van der Waals surface area contributed by atoms with Gasteiger partial charge in [-0.1, -0.05) is 34.1 Å². The largest absolute Gasteiger partial charge is 0.495 e. The number of likely N-dealkylation sites (N-methyl/N-ethyl adjacent to an activating group) is 1. The standard InChI is InChI=1S/C18H19BrN2O3/c1-3-21(18(23)13-7-6-8-14(19)11-13)12-17(22)20-15-9-4-5-10-16(15)24-2/h4-11H,3,12H2,1-2H3,(H,20,22). The van der Waals surface area contributed by atoms with E-state index in [1.54, 1.807) is 37.4 Å². The molecule has 0 fully saturated rings. The van der Waals surface area contributed by atoms with E-state index in [1.165, 1.54) is 4.90 Å². The summed E-state index contributed by atoms with van der Waals surface area (Å²) in [7, 11) is 1.54. The van der Waals surface area contributed by atoms with E-state index in [9.17, 15) is 9.59 Å². The molecule has 0 aromatic heterocycles. The molecule has 126 valence electrons. The van der Waals surface area contributed by atoms with Crippen molar-refractivity contribution >= 4 is 33.4 Å². The molecule has 0 heterocycles. The van der Waals surface area contributed by atoms with Crippen LogP contribution in [0.1, 0.15) is 17.3 Å². The summed E-state index contributed by atoms with van der Waals surface area (Å²) in [5.41, 5.74) is 1.12. The van der Waals surface area contributed by atoms with E-state index in [1.807, 2.05) is 25.1 Å². The zero-order valence-corrected chi connectivity index (χ0v) is 15.2. The van der Waals surface area contributed by atoms with Crippen LogP contribution in [0.25, 0.3) is 0 Å². The Labute approximate surface area is 149 Å². The molecule has 0 aliphatic rings. The number of halogens is 1. The van der Waals surface area contributed by atoms with Crippen LogP contribution in [0.3, 0.4) is 0 Å². The number of hydrogen-bond acceptors (Lipinski definition) is 3. The number of benzene rings is 2. The van der Waals surface area contributed by atoms with Gasteiger partial charge < -0.3 is 15.0 Å². The quantitative estimate of drug-likeness (QED) is 0.819. The van der Waals surface area contributed by atoms with Crippen molar-refractivity contribution in [3.8, 4) is 5.75 Å². The van der Waals surface area contributed by atoms with E-state index in [2.05, 4.69) is 21.2 Å². The monoisotopic (exact) mass is 390 g/mol. The Morgan fingerprint density at radius 2 is 1.92 bits per heavy atom. The summed E-state index contributed by atoms with van der Waals surface area (Å²) in [5.74, 6) is 0.117. The maximum absolute atomic E-state index is 12.5. The molecular weight excluding hydrogens is 372 g/mol. The maximum Gasteiger partial charge on any atom is 0.254 e. The van der Waals surface area contributed by atoms with Crippen LogP contribution in [0, 0.1) is 0 Å². The first kappa shape index (κ1) is 18.0. The van der Waals surface area contributed by atoms with Gasteiger partial charge >= 0.3 is 0 Å². The zero-order valence-electron chi connectivity index (χ0n) is 13.6. The molecule has 2 aromatic rings. The number of carbonyl (C=O) groups excluding carboxylic acids is 2. The lowest BCUT2D eigenvalue weighted by atomic mass is 10.2. The highest BCUT2D eigenvalue weighted by Gasteiger charge is 2.18. The van der Waals surface area contributed by atoms with Gasteiger partial charge in [0, 0.05) is 16.6 Å². The van der Waals surface area contributed by atoms with E-state index in [0.29, 0.717) is 23.5 Å². The van der Waals surface area contributed by atoms with Gasteiger partial charge in [0.25, 0.3) is 5.91 Å². The summed E-state index contributed by atoms with van der Waals surface area (Å²) in [6.45, 7) is 2.25. The van der Waals surface area contributed by atoms with Crippen molar-refractivity contribution in [3.05, 3.63) is 58.6 Å². The van der Waals surface area contributed by atoms with Crippen molar-refractivity contribution in [2.45, 2.75) is 6.92 Å². The number of carbonyl (C=O) groups is 2. The van der Waals surface area contributed by atoms with Crippen molar-refractivity contribution in [1.29, 1.82) is 0 Å². The molecule has 2 rings (SSSR count). The Bertz CT molecular complexity index is 734. The van der Waals surface area contributed by atoms with Crippen LogP contribution in [0.4, 0.5) is 5.69 Å². The second kappa shape index (κ2) is 8.49. The molecule has 0 unspecified atom stereocenters. The number of rotatable bonds is 6. The van der Waals surface area contributed by atoms with Crippen LogP contribution >= 0.6 is 15.9 Å². The minimum absolute atomic E-state index is 0.0279. The van der Waals surface area contributed by atoms with Crippen molar-refractivity contribution in [2.24, 2.45) is 0 Å². The van der Waals surface area contributed by atoms with Gasteiger partial charge in [-0.2, -0.15) is 0 Å². The molecule has 0 bridgehead atoms. The first-order valence-corrected chi connectivity index (χ1v) is 8.32. The van der Waals surface area contributed by atoms with Crippen molar-refractivity contribution in [2.75, 3.05) is 25.5 Å². The molecule has 24 heavy (non-hydrogen) atoms. The second-order valence-corrected chi connectivity index (χ2v) is 5.99. The minimum Gasteiger partial charge on any atom is -0.495 e. The summed E-state index contributed by atoms with van der Waals surface area (Å²) < 4.78 is 6.03. The summed E-state index contributed by atoms with van der Waals surface area (Å²) in [4.78, 5) is 26.3. The third-order valence-electron chi connectivity index (χ3n) is 3.46. The van der Waals surface area contributed by atoms with Crippen LogP contribution in [-0.4, -0.2) is 36.9 Å². The Morgan fingerprint density at radius 1 is 1.17 bits per heavy atom. The summed E-state index contributed by atoms with van der Waals surface area (Å²) >= 11 is 3.35. The molecule has 0 spiro atoms. The van der Waals surface area contributed by atoms with Gasteiger partial charge in [0.1, 0.15) is 12.3 Å². The molecule has 5 nitrogen and oxygen atoms in total. The highest BCUT2D eigenvalue weighted by molar-refractivity contribution is 9.10. The van der Waals surface area contributed by atoms with Gasteiger partial charge in [-0.15, -0.1) is 0 Å². The molecule has 2 amide bonds. The van der Waals surface area contributed by atoms with Gasteiger partial charge in [0.2, 0.25) is 5.91 Å². The average molecular weight is 391 g/mol. The Morgan fingerprint density at radius 3 is 2.58 bits per heavy atom. The van der Waals surface area contributed by atoms with Crippen LogP contribution < -0.4 is 10.1 Å². The topological polar surface area (TPSA) is 58.6 Å². The maximum atomic E-state index is 12.5. The first-order chi connectivity index (χ1) is 11.5. The molecule has 0 aliphatic heterocycles. The molecule has 0 aliphatic carbocycles. The normalized spacial score (nSPS) is 10.1. The number of nitrogens with one attached hydrogen (secondary N) is 1. The van der Waals surface area contributed by atoms with E-state index in [4.69, 9.17) is 4.74 Å². The predicted octanol–water partition coefficient (Wildman–Crippen LogP) is 3.56. The minimum atomic E-state index is -0.273. The van der Waals surface area contributed by atoms with Gasteiger partial charge in [0.15, 0.2) is 0 Å². The molecular formula is C18H19BrN2O3. The number of para-hydroxylation sites is 2. The number of amides is 2. The van der Waals surface area contributed by atoms with Gasteiger partial charge in [-0.25, -0.2) is 0 Å². The van der Waals surface area contributed by atoms with Crippen LogP contribution in [-0.2, 0) is 4.79 Å². The summed E-state index contributed by atoms with van der Waals surface area (Å²) in [5, 5.41) is 2.78. The first-order valence-electron chi connectivity index (χ1n) is 7.53. The van der Waals surface area contributed by atoms with E-state index < -0.39 is 0 Å². The van der Waals surface area contributed by atoms with Crippen LogP contribution in [0.15, 0.2) is 53.0 Å². The van der Waals surface area contributed by atoms with Crippen molar-refractivity contribution < 1.29 is 14.3 Å². The average Bonchev–Trinajstić information content (AvgIpc) is 2.59. The van der Waals surface area contributed by atoms with Gasteiger partial charge in [0.05, 0.1) is 12.8 Å². The van der Waals surface area contributed by atoms with E-state index in [-0.39, 0.29) is 18.4 Å². The molecule has 0 saturated heterocycles. The Hall–Kier alpha value is -2.34. The number of ether oxygens (including phenoxy) is 1. The third kappa shape index (κ3) is 4.58. The fraction of sp³-hybridized carbons (Fsp3) is 0.222. The molecule has 0 saturated carbocycles. The SMILES string of the molecule is CCN(CC(=O)Nc1ccccc1OC)C(=O)c1cccc(Br)c1. The number of methoxy groups -OCH3 is 1. The number of nitrogens with zero attached hydrogens (tertiary/aromatic N) is 1. The molecule has 1 N–H and O–H groups in total. The van der Waals surface area contributed by atoms with E-state index in [0.717, 1.165) is 4.47 Å². The number of anilines is 1. The predicted molar refractivity (Wildman–Crippen MR) is 97.3 cm³/mol. The summed E-state index contributed by atoms with van der Waals surface area (Å²) in [6, 6.07) is 14.3. The smallest absolute Gasteiger partial charge is 0.254 e. The van der Waals surface area contributed by atoms with Crippen LogP contribution in [0.5, 0.6) is 5.75 Å². The lowest BCUT2D eigenvalue weighted by Crippen LogP contribution is -2.37. The Kier molecular flexibility index (Phi) is 6.37. The fourth-order valence-electron chi connectivity index (χ4n) is 2.24. The third-order valence-corrected chi connectivity index (χ3v) is 3.95. The van der Waals surface area contributed by atoms with Crippen molar-refractivity contribution in [3.63, 3.8) is 0 Å². The zero-order chi connectivity index (χ0) is 17.5. The molecule has 0 atom stereocenters. The second-order valence-electron chi connectivity index (χ2n) is 5.08. The lowest BCUT2D eigenvalue weighted by Gasteiger charge is -2.21. The molecule has 2 aromatic carbocycles. The van der Waals surface area contributed by atoms with E-state index >= 15 is 0 Å². The number of hydrogen-bond donors (Lipinski definition) is 1. The van der Waals surface area contributed by atoms with Gasteiger partial charge in [-0.05, 0) is 37.3 Å². The highest BCUT2D eigenvalue weighted by atomic mass is 79.9. The summed E-state index contributed by atoms with van der Waals surface area (Å²) in [6.07, 6.45) is 0. The fourth-order valence-corrected chi connectivity index (χ4v) is 2.64. The van der Waals surface area contributed by atoms with Gasteiger partial charge in [-0.3, -0.25) is 9.59 Å².